The Morgan fingerprint density at radius 3 is 2.52 bits per heavy atom. The number of carbonyl (C=O) groups excluding carboxylic acids is 1. The van der Waals surface area contributed by atoms with Crippen molar-refractivity contribution in [2.75, 3.05) is 37.4 Å². The molecule has 27 heavy (non-hydrogen) atoms. The van der Waals surface area contributed by atoms with Crippen molar-refractivity contribution in [2.45, 2.75) is 39.7 Å². The number of hydrogen-bond acceptors (Lipinski definition) is 5. The maximum Gasteiger partial charge on any atom is 0.227 e. The second-order valence-corrected chi connectivity index (χ2v) is 7.23. The number of rotatable bonds is 6. The summed E-state index contributed by atoms with van der Waals surface area (Å²) in [4.78, 5) is 24.9. The van der Waals surface area contributed by atoms with Gasteiger partial charge in [0.15, 0.2) is 0 Å². The molecular formula is C21H29N5O. The lowest BCUT2D eigenvalue weighted by molar-refractivity contribution is -0.129. The van der Waals surface area contributed by atoms with Gasteiger partial charge < -0.3 is 15.1 Å². The zero-order valence-electron chi connectivity index (χ0n) is 16.7. The number of anilines is 2. The van der Waals surface area contributed by atoms with Crippen LogP contribution in [0.15, 0.2) is 24.3 Å². The van der Waals surface area contributed by atoms with Crippen LogP contribution in [0.5, 0.6) is 0 Å². The van der Waals surface area contributed by atoms with E-state index in [0.717, 1.165) is 49.4 Å². The van der Waals surface area contributed by atoms with E-state index in [9.17, 15) is 4.79 Å². The molecule has 0 spiro atoms. The molecule has 1 amide bonds. The molecule has 0 fully saturated rings. The maximum absolute atomic E-state index is 11.7. The van der Waals surface area contributed by atoms with Crippen molar-refractivity contribution in [3.05, 3.63) is 46.6 Å². The minimum atomic E-state index is 0.0932. The van der Waals surface area contributed by atoms with Gasteiger partial charge in [-0.15, -0.1) is 0 Å². The molecule has 0 saturated carbocycles. The summed E-state index contributed by atoms with van der Waals surface area (Å²) in [5, 5.41) is 3.51. The summed E-state index contributed by atoms with van der Waals surface area (Å²) in [5.41, 5.74) is 4.77. The van der Waals surface area contributed by atoms with Gasteiger partial charge in [-0.3, -0.25) is 4.79 Å². The van der Waals surface area contributed by atoms with E-state index < -0.39 is 0 Å². The molecule has 0 bridgehead atoms. The summed E-state index contributed by atoms with van der Waals surface area (Å²) in [6, 6.07) is 8.79. The fourth-order valence-electron chi connectivity index (χ4n) is 3.30. The molecule has 3 rings (SSSR count). The van der Waals surface area contributed by atoms with Gasteiger partial charge in [0.05, 0.1) is 12.2 Å². The molecule has 0 unspecified atom stereocenters. The number of hydrogen-bond donors (Lipinski definition) is 1. The molecule has 2 heterocycles. The number of aryl methyl sites for hydroxylation is 1. The first kappa shape index (κ1) is 19.1. The molecule has 0 radical (unpaired) electrons. The predicted octanol–water partition coefficient (Wildman–Crippen LogP) is 2.66. The van der Waals surface area contributed by atoms with Crippen molar-refractivity contribution >= 4 is 17.7 Å². The third-order valence-electron chi connectivity index (χ3n) is 5.04. The lowest BCUT2D eigenvalue weighted by atomic mass is 10.0. The molecule has 6 nitrogen and oxygen atoms in total. The van der Waals surface area contributed by atoms with E-state index in [1.807, 2.05) is 23.9 Å². The topological polar surface area (TPSA) is 61.4 Å². The van der Waals surface area contributed by atoms with Crippen LogP contribution in [0.4, 0.5) is 11.8 Å². The Bertz CT molecular complexity index is 801. The van der Waals surface area contributed by atoms with Crippen molar-refractivity contribution in [3.63, 3.8) is 0 Å². The monoisotopic (exact) mass is 367 g/mol. The van der Waals surface area contributed by atoms with Crippen molar-refractivity contribution in [3.8, 4) is 0 Å². The molecule has 2 aromatic rings. The van der Waals surface area contributed by atoms with E-state index in [0.29, 0.717) is 12.5 Å². The zero-order chi connectivity index (χ0) is 19.4. The summed E-state index contributed by atoms with van der Waals surface area (Å²) < 4.78 is 0. The maximum atomic E-state index is 11.7. The largest absolute Gasteiger partial charge is 0.369 e. The second kappa shape index (κ2) is 8.37. The first-order valence-electron chi connectivity index (χ1n) is 9.62. The van der Waals surface area contributed by atoms with Gasteiger partial charge in [-0.1, -0.05) is 31.2 Å². The minimum Gasteiger partial charge on any atom is -0.369 e. The van der Waals surface area contributed by atoms with Crippen LogP contribution in [0.25, 0.3) is 0 Å². The van der Waals surface area contributed by atoms with Crippen molar-refractivity contribution in [1.82, 2.24) is 14.9 Å². The standard InChI is InChI=1S/C21H29N5O/c1-5-16-6-8-17(9-7-16)10-12-22-20-18-11-13-26(15(2)27)14-19(18)23-21(24-20)25(3)4/h6-9H,5,10-14H2,1-4H3,(H,22,23,24). The Labute approximate surface area is 161 Å². The Hall–Kier alpha value is -2.63. The van der Waals surface area contributed by atoms with Crippen LogP contribution in [0.2, 0.25) is 0 Å². The summed E-state index contributed by atoms with van der Waals surface area (Å²) in [5.74, 6) is 1.67. The van der Waals surface area contributed by atoms with Crippen LogP contribution in [-0.4, -0.2) is 48.0 Å². The molecule has 1 aromatic heterocycles. The number of amides is 1. The molecule has 0 aliphatic carbocycles. The van der Waals surface area contributed by atoms with Crippen LogP contribution in [0.1, 0.15) is 36.2 Å². The Morgan fingerprint density at radius 2 is 1.89 bits per heavy atom. The molecule has 6 heteroatoms. The normalized spacial score (nSPS) is 13.3. The van der Waals surface area contributed by atoms with Crippen LogP contribution in [0, 0.1) is 0 Å². The molecule has 1 aliphatic rings. The molecule has 1 aliphatic heterocycles. The van der Waals surface area contributed by atoms with Gasteiger partial charge in [-0.05, 0) is 30.4 Å². The van der Waals surface area contributed by atoms with Gasteiger partial charge in [-0.25, -0.2) is 4.98 Å². The summed E-state index contributed by atoms with van der Waals surface area (Å²) in [7, 11) is 3.87. The number of nitrogens with one attached hydrogen (secondary N) is 1. The fourth-order valence-corrected chi connectivity index (χ4v) is 3.30. The quantitative estimate of drug-likeness (QED) is 0.851. The number of fused-ring (bicyclic) bond motifs is 1. The Morgan fingerprint density at radius 1 is 1.19 bits per heavy atom. The number of carbonyl (C=O) groups is 1. The molecule has 144 valence electrons. The van der Waals surface area contributed by atoms with Gasteiger partial charge in [0, 0.05) is 39.7 Å². The number of nitrogens with zero attached hydrogens (tertiary/aromatic N) is 4. The number of benzene rings is 1. The highest BCUT2D eigenvalue weighted by atomic mass is 16.2. The summed E-state index contributed by atoms with van der Waals surface area (Å²) >= 11 is 0. The van der Waals surface area contributed by atoms with Crippen LogP contribution < -0.4 is 10.2 Å². The van der Waals surface area contributed by atoms with Gasteiger partial charge in [0.2, 0.25) is 11.9 Å². The summed E-state index contributed by atoms with van der Waals surface area (Å²) in [6.45, 7) is 5.88. The molecular weight excluding hydrogens is 338 g/mol. The van der Waals surface area contributed by atoms with Crippen molar-refractivity contribution in [1.29, 1.82) is 0 Å². The van der Waals surface area contributed by atoms with Gasteiger partial charge in [-0.2, -0.15) is 4.98 Å². The third kappa shape index (κ3) is 4.56. The average Bonchev–Trinajstić information content (AvgIpc) is 2.67. The van der Waals surface area contributed by atoms with E-state index in [1.54, 1.807) is 6.92 Å². The lowest BCUT2D eigenvalue weighted by Crippen LogP contribution is -2.36. The molecule has 1 aromatic carbocycles. The van der Waals surface area contributed by atoms with Gasteiger partial charge in [0.1, 0.15) is 5.82 Å². The highest BCUT2D eigenvalue weighted by Crippen LogP contribution is 2.26. The van der Waals surface area contributed by atoms with Crippen molar-refractivity contribution < 1.29 is 4.79 Å². The molecule has 0 saturated heterocycles. The zero-order valence-corrected chi connectivity index (χ0v) is 16.7. The lowest BCUT2D eigenvalue weighted by Gasteiger charge is -2.29. The average molecular weight is 367 g/mol. The smallest absolute Gasteiger partial charge is 0.227 e. The molecule has 0 atom stereocenters. The third-order valence-corrected chi connectivity index (χ3v) is 5.04. The Kier molecular flexibility index (Phi) is 5.94. The van der Waals surface area contributed by atoms with E-state index >= 15 is 0 Å². The first-order chi connectivity index (χ1) is 13.0. The minimum absolute atomic E-state index is 0.0932. The predicted molar refractivity (Wildman–Crippen MR) is 109 cm³/mol. The Balaban J connectivity index is 1.74. The SMILES string of the molecule is CCc1ccc(CCNc2nc(N(C)C)nc3c2CCN(C(C)=O)C3)cc1. The van der Waals surface area contributed by atoms with Gasteiger partial charge >= 0.3 is 0 Å². The number of aromatic nitrogens is 2. The van der Waals surface area contributed by atoms with E-state index in [1.165, 1.54) is 11.1 Å². The van der Waals surface area contributed by atoms with Crippen molar-refractivity contribution in [2.24, 2.45) is 0 Å². The van der Waals surface area contributed by atoms with E-state index in [-0.39, 0.29) is 5.91 Å². The van der Waals surface area contributed by atoms with Gasteiger partial charge in [0.25, 0.3) is 0 Å². The molecule has 1 N–H and O–H groups in total. The highest BCUT2D eigenvalue weighted by molar-refractivity contribution is 5.73. The van der Waals surface area contributed by atoms with E-state index in [4.69, 9.17) is 4.98 Å². The first-order valence-corrected chi connectivity index (χ1v) is 9.62. The highest BCUT2D eigenvalue weighted by Gasteiger charge is 2.24. The van der Waals surface area contributed by atoms with Crippen LogP contribution in [-0.2, 0) is 30.6 Å². The van der Waals surface area contributed by atoms with Crippen LogP contribution in [0.3, 0.4) is 0 Å². The van der Waals surface area contributed by atoms with E-state index in [2.05, 4.69) is 41.5 Å². The van der Waals surface area contributed by atoms with Crippen LogP contribution >= 0.6 is 0 Å². The summed E-state index contributed by atoms with van der Waals surface area (Å²) in [6.07, 6.45) is 2.80. The second-order valence-electron chi connectivity index (χ2n) is 7.23. The fraction of sp³-hybridized carbons (Fsp3) is 0.476.